The average Bonchev–Trinajstić information content (AvgIpc) is 2.41. The van der Waals surface area contributed by atoms with Crippen molar-refractivity contribution in [1.82, 2.24) is 0 Å². The van der Waals surface area contributed by atoms with Gasteiger partial charge in [-0.3, -0.25) is 0 Å². The number of carboxylic acids is 1. The summed E-state index contributed by atoms with van der Waals surface area (Å²) >= 11 is 0. The molecule has 2 rings (SSSR count). The Bertz CT molecular complexity index is 507. The lowest BCUT2D eigenvalue weighted by Gasteiger charge is -2.28. The molecule has 0 heterocycles. The second-order valence-corrected chi connectivity index (χ2v) is 5.09. The molecule has 0 aliphatic heterocycles. The molecule has 20 heavy (non-hydrogen) atoms. The topological polar surface area (TPSA) is 69.6 Å². The van der Waals surface area contributed by atoms with Gasteiger partial charge in [0.25, 0.3) is 0 Å². The molecule has 0 spiro atoms. The van der Waals surface area contributed by atoms with Gasteiger partial charge in [0.15, 0.2) is 11.6 Å². The Morgan fingerprint density at radius 3 is 2.60 bits per heavy atom. The van der Waals surface area contributed by atoms with E-state index in [0.717, 1.165) is 31.7 Å². The minimum absolute atomic E-state index is 0.00496. The monoisotopic (exact) mass is 285 g/mol. The lowest BCUT2D eigenvalue weighted by atomic mass is 9.86. The number of carbonyl (C=O) groups is 1. The van der Waals surface area contributed by atoms with Gasteiger partial charge >= 0.3 is 5.97 Å². The van der Waals surface area contributed by atoms with Crippen LogP contribution in [-0.2, 0) is 0 Å². The van der Waals surface area contributed by atoms with Gasteiger partial charge in [-0.2, -0.15) is 0 Å². The molecule has 2 atom stereocenters. The van der Waals surface area contributed by atoms with Crippen molar-refractivity contribution in [2.24, 2.45) is 5.92 Å². The van der Waals surface area contributed by atoms with E-state index in [4.69, 9.17) is 5.11 Å². The molecule has 1 aromatic carbocycles. The third-order valence-corrected chi connectivity index (χ3v) is 3.74. The van der Waals surface area contributed by atoms with Crippen LogP contribution in [-0.4, -0.2) is 28.8 Å². The first-order valence-corrected chi connectivity index (χ1v) is 6.64. The first-order valence-electron chi connectivity index (χ1n) is 6.64. The maximum atomic E-state index is 13.7. The quantitative estimate of drug-likeness (QED) is 0.795. The molecule has 0 bridgehead atoms. The predicted molar refractivity (Wildman–Crippen MR) is 69.8 cm³/mol. The van der Waals surface area contributed by atoms with E-state index < -0.39 is 29.3 Å². The van der Waals surface area contributed by atoms with Crippen LogP contribution in [0.25, 0.3) is 0 Å². The van der Waals surface area contributed by atoms with E-state index in [1.165, 1.54) is 6.07 Å². The highest BCUT2D eigenvalue weighted by molar-refractivity contribution is 5.88. The molecule has 1 fully saturated rings. The molecule has 110 valence electrons. The van der Waals surface area contributed by atoms with E-state index in [1.54, 1.807) is 0 Å². The lowest BCUT2D eigenvalue weighted by molar-refractivity contribution is 0.0690. The summed E-state index contributed by atoms with van der Waals surface area (Å²) in [5.74, 6) is -4.07. The number of rotatable bonds is 4. The molecule has 6 heteroatoms. The van der Waals surface area contributed by atoms with E-state index >= 15 is 0 Å². The zero-order chi connectivity index (χ0) is 14.7. The SMILES string of the molecule is O=C(O)c1ccc(NCC2CCCCC2O)c(F)c1F. The summed E-state index contributed by atoms with van der Waals surface area (Å²) in [6.45, 7) is 0.337. The summed E-state index contributed by atoms with van der Waals surface area (Å²) in [5, 5.41) is 21.2. The number of aliphatic hydroxyl groups excluding tert-OH is 1. The van der Waals surface area contributed by atoms with Crippen LogP contribution in [0.15, 0.2) is 12.1 Å². The van der Waals surface area contributed by atoms with Crippen molar-refractivity contribution >= 4 is 11.7 Å². The van der Waals surface area contributed by atoms with Crippen molar-refractivity contribution in [3.63, 3.8) is 0 Å². The van der Waals surface area contributed by atoms with Gasteiger partial charge < -0.3 is 15.5 Å². The van der Waals surface area contributed by atoms with Gasteiger partial charge in [-0.15, -0.1) is 0 Å². The van der Waals surface area contributed by atoms with Gasteiger partial charge in [0, 0.05) is 12.5 Å². The van der Waals surface area contributed by atoms with Crippen molar-refractivity contribution in [3.05, 3.63) is 29.3 Å². The molecule has 0 radical (unpaired) electrons. The Hall–Kier alpha value is -1.69. The number of benzene rings is 1. The molecular weight excluding hydrogens is 268 g/mol. The van der Waals surface area contributed by atoms with Crippen molar-refractivity contribution in [2.75, 3.05) is 11.9 Å². The fourth-order valence-corrected chi connectivity index (χ4v) is 2.52. The van der Waals surface area contributed by atoms with Crippen LogP contribution in [0.3, 0.4) is 0 Å². The van der Waals surface area contributed by atoms with Crippen LogP contribution >= 0.6 is 0 Å². The molecule has 2 unspecified atom stereocenters. The Kier molecular flexibility index (Phi) is 4.54. The molecule has 3 N–H and O–H groups in total. The second-order valence-electron chi connectivity index (χ2n) is 5.09. The highest BCUT2D eigenvalue weighted by atomic mass is 19.2. The fraction of sp³-hybridized carbons (Fsp3) is 0.500. The number of hydrogen-bond acceptors (Lipinski definition) is 3. The minimum atomic E-state index is -1.50. The molecule has 1 aliphatic rings. The number of hydrogen-bond donors (Lipinski definition) is 3. The standard InChI is InChI=1S/C14H17F2NO3/c15-12-9(14(19)20)5-6-10(13(12)16)17-7-8-3-1-2-4-11(8)18/h5-6,8,11,17-18H,1-4,7H2,(H,19,20). The van der Waals surface area contributed by atoms with Gasteiger partial charge in [0.2, 0.25) is 0 Å². The summed E-state index contributed by atoms with van der Waals surface area (Å²) in [6.07, 6.45) is 3.13. The van der Waals surface area contributed by atoms with E-state index in [-0.39, 0.29) is 11.6 Å². The zero-order valence-electron chi connectivity index (χ0n) is 10.9. The first kappa shape index (κ1) is 14.7. The number of aliphatic hydroxyl groups is 1. The smallest absolute Gasteiger partial charge is 0.338 e. The third kappa shape index (κ3) is 3.07. The number of halogens is 2. The molecular formula is C14H17F2NO3. The normalized spacial score (nSPS) is 22.6. The predicted octanol–water partition coefficient (Wildman–Crippen LogP) is 2.63. The van der Waals surface area contributed by atoms with Crippen molar-refractivity contribution < 1.29 is 23.8 Å². The number of nitrogens with one attached hydrogen (secondary N) is 1. The summed E-state index contributed by atoms with van der Waals surface area (Å²) in [5.41, 5.74) is -0.768. The summed E-state index contributed by atoms with van der Waals surface area (Å²) in [7, 11) is 0. The molecule has 1 saturated carbocycles. The van der Waals surface area contributed by atoms with Gasteiger partial charge in [-0.05, 0) is 25.0 Å². The van der Waals surface area contributed by atoms with Gasteiger partial charge in [-0.1, -0.05) is 12.8 Å². The van der Waals surface area contributed by atoms with Crippen LogP contribution in [0, 0.1) is 17.6 Å². The Morgan fingerprint density at radius 2 is 1.95 bits per heavy atom. The van der Waals surface area contributed by atoms with E-state index in [0.29, 0.717) is 6.54 Å². The van der Waals surface area contributed by atoms with E-state index in [1.807, 2.05) is 0 Å². The van der Waals surface area contributed by atoms with Crippen LogP contribution < -0.4 is 5.32 Å². The van der Waals surface area contributed by atoms with Crippen LogP contribution in [0.4, 0.5) is 14.5 Å². The van der Waals surface area contributed by atoms with E-state index in [9.17, 15) is 18.7 Å². The molecule has 0 amide bonds. The summed E-state index contributed by atoms with van der Waals surface area (Å²) in [6, 6.07) is 2.23. The average molecular weight is 285 g/mol. The Balaban J connectivity index is 2.06. The van der Waals surface area contributed by atoms with Crippen LogP contribution in [0.1, 0.15) is 36.0 Å². The van der Waals surface area contributed by atoms with Gasteiger partial charge in [-0.25, -0.2) is 13.6 Å². The van der Waals surface area contributed by atoms with Crippen molar-refractivity contribution in [1.29, 1.82) is 0 Å². The number of aromatic carboxylic acids is 1. The number of carboxylic acid groups (broad SMARTS) is 1. The molecule has 1 aliphatic carbocycles. The molecule has 1 aromatic rings. The van der Waals surface area contributed by atoms with Crippen molar-refractivity contribution in [3.8, 4) is 0 Å². The molecule has 4 nitrogen and oxygen atoms in total. The molecule has 0 saturated heterocycles. The van der Waals surface area contributed by atoms with Gasteiger partial charge in [0.05, 0.1) is 17.4 Å². The second kappa shape index (κ2) is 6.17. The summed E-state index contributed by atoms with van der Waals surface area (Å²) in [4.78, 5) is 10.7. The Labute approximate surface area is 115 Å². The van der Waals surface area contributed by atoms with Gasteiger partial charge in [0.1, 0.15) is 0 Å². The first-order chi connectivity index (χ1) is 9.50. The van der Waals surface area contributed by atoms with E-state index in [2.05, 4.69) is 5.32 Å². The zero-order valence-corrected chi connectivity index (χ0v) is 10.9. The highest BCUT2D eigenvalue weighted by Crippen LogP contribution is 2.26. The fourth-order valence-electron chi connectivity index (χ4n) is 2.52. The third-order valence-electron chi connectivity index (χ3n) is 3.74. The van der Waals surface area contributed by atoms with Crippen molar-refractivity contribution in [2.45, 2.75) is 31.8 Å². The van der Waals surface area contributed by atoms with Crippen LogP contribution in [0.2, 0.25) is 0 Å². The number of anilines is 1. The lowest BCUT2D eigenvalue weighted by Crippen LogP contribution is -2.30. The maximum absolute atomic E-state index is 13.7. The Morgan fingerprint density at radius 1 is 1.25 bits per heavy atom. The summed E-state index contributed by atoms with van der Waals surface area (Å²) < 4.78 is 27.2. The maximum Gasteiger partial charge on any atom is 0.338 e. The highest BCUT2D eigenvalue weighted by Gasteiger charge is 2.24. The largest absolute Gasteiger partial charge is 0.478 e. The minimum Gasteiger partial charge on any atom is -0.478 e. The molecule has 0 aromatic heterocycles. The van der Waals surface area contributed by atoms with Crippen LogP contribution in [0.5, 0.6) is 0 Å².